The smallest absolute Gasteiger partial charge is 0.122 e. The second-order valence-electron chi connectivity index (χ2n) is 9.70. The van der Waals surface area contributed by atoms with Crippen molar-refractivity contribution in [1.29, 1.82) is 0 Å². The third kappa shape index (κ3) is 8.84. The molecule has 176 valence electrons. The number of nitrogens with one attached hydrogen (secondary N) is 1. The van der Waals surface area contributed by atoms with Gasteiger partial charge in [0.25, 0.3) is 0 Å². The molecule has 0 saturated carbocycles. The number of anilines is 1. The highest BCUT2D eigenvalue weighted by Gasteiger charge is 2.17. The highest BCUT2D eigenvalue weighted by atomic mass is 16.5. The quantitative estimate of drug-likeness (QED) is 0.275. The van der Waals surface area contributed by atoms with Gasteiger partial charge in [-0.3, -0.25) is 0 Å². The third-order valence-corrected chi connectivity index (χ3v) is 5.93. The Morgan fingerprint density at radius 3 is 2.39 bits per heavy atom. The Labute approximate surface area is 200 Å². The molecule has 33 heavy (non-hydrogen) atoms. The molecule has 0 atom stereocenters. The number of ether oxygens (including phenoxy) is 2. The first-order valence-corrected chi connectivity index (χ1v) is 12.1. The van der Waals surface area contributed by atoms with Crippen LogP contribution < -0.4 is 14.8 Å². The SMILES string of the molecule is Cc1ccc(C)c(OCCCC(C)(C)CNc2cccc(OCCCc3ccccc3)c2)c1. The van der Waals surface area contributed by atoms with E-state index < -0.39 is 0 Å². The summed E-state index contributed by atoms with van der Waals surface area (Å²) in [6.45, 7) is 11.2. The average Bonchev–Trinajstić information content (AvgIpc) is 2.81. The van der Waals surface area contributed by atoms with Crippen molar-refractivity contribution in [3.63, 3.8) is 0 Å². The minimum absolute atomic E-state index is 0.178. The summed E-state index contributed by atoms with van der Waals surface area (Å²) in [4.78, 5) is 0. The van der Waals surface area contributed by atoms with Crippen LogP contribution in [0.4, 0.5) is 5.69 Å². The molecule has 3 aromatic carbocycles. The van der Waals surface area contributed by atoms with Crippen LogP contribution in [0.15, 0.2) is 72.8 Å². The molecule has 0 saturated heterocycles. The first kappa shape index (κ1) is 24.7. The van der Waals surface area contributed by atoms with Gasteiger partial charge in [0.05, 0.1) is 13.2 Å². The molecule has 0 unspecified atom stereocenters. The Kier molecular flexibility index (Phi) is 9.24. The molecule has 3 nitrogen and oxygen atoms in total. The second kappa shape index (κ2) is 12.3. The van der Waals surface area contributed by atoms with Gasteiger partial charge in [-0.1, -0.05) is 62.4 Å². The van der Waals surface area contributed by atoms with Gasteiger partial charge >= 0.3 is 0 Å². The van der Waals surface area contributed by atoms with Gasteiger partial charge in [-0.25, -0.2) is 0 Å². The molecule has 0 bridgehead atoms. The molecule has 0 aliphatic heterocycles. The number of benzene rings is 3. The Balaban J connectivity index is 1.37. The van der Waals surface area contributed by atoms with Crippen LogP contribution in [0.2, 0.25) is 0 Å². The van der Waals surface area contributed by atoms with Gasteiger partial charge in [0, 0.05) is 18.3 Å². The van der Waals surface area contributed by atoms with Crippen molar-refractivity contribution in [2.45, 2.75) is 53.4 Å². The van der Waals surface area contributed by atoms with E-state index in [-0.39, 0.29) is 5.41 Å². The van der Waals surface area contributed by atoms with Crippen LogP contribution in [0.25, 0.3) is 0 Å². The third-order valence-electron chi connectivity index (χ3n) is 5.93. The van der Waals surface area contributed by atoms with Crippen molar-refractivity contribution in [1.82, 2.24) is 0 Å². The predicted octanol–water partition coefficient (Wildman–Crippen LogP) is 7.61. The molecule has 0 fully saturated rings. The van der Waals surface area contributed by atoms with Gasteiger partial charge in [0.15, 0.2) is 0 Å². The van der Waals surface area contributed by atoms with Gasteiger partial charge in [-0.05, 0) is 79.8 Å². The fourth-order valence-electron chi connectivity index (χ4n) is 3.83. The number of aryl methyl sites for hydroxylation is 3. The molecular weight excluding hydrogens is 406 g/mol. The zero-order valence-corrected chi connectivity index (χ0v) is 20.7. The molecule has 0 spiro atoms. The summed E-state index contributed by atoms with van der Waals surface area (Å²) in [6, 6.07) is 25.2. The molecule has 3 aromatic rings. The maximum Gasteiger partial charge on any atom is 0.122 e. The second-order valence-corrected chi connectivity index (χ2v) is 9.70. The van der Waals surface area contributed by atoms with E-state index in [1.54, 1.807) is 0 Å². The van der Waals surface area contributed by atoms with E-state index in [1.165, 1.54) is 16.7 Å². The maximum absolute atomic E-state index is 6.03. The van der Waals surface area contributed by atoms with Crippen LogP contribution in [0.3, 0.4) is 0 Å². The van der Waals surface area contributed by atoms with E-state index in [4.69, 9.17) is 9.47 Å². The molecule has 0 aromatic heterocycles. The van der Waals surface area contributed by atoms with Gasteiger partial charge < -0.3 is 14.8 Å². The molecule has 3 rings (SSSR count). The largest absolute Gasteiger partial charge is 0.494 e. The number of rotatable bonds is 13. The van der Waals surface area contributed by atoms with Gasteiger partial charge in [-0.2, -0.15) is 0 Å². The van der Waals surface area contributed by atoms with Crippen molar-refractivity contribution < 1.29 is 9.47 Å². The van der Waals surface area contributed by atoms with Crippen LogP contribution in [-0.4, -0.2) is 19.8 Å². The monoisotopic (exact) mass is 445 g/mol. The summed E-state index contributed by atoms with van der Waals surface area (Å²) in [5.74, 6) is 1.93. The number of hydrogen-bond acceptors (Lipinski definition) is 3. The molecule has 0 amide bonds. The van der Waals surface area contributed by atoms with Crippen LogP contribution in [0.1, 0.15) is 49.8 Å². The Bertz CT molecular complexity index is 982. The lowest BCUT2D eigenvalue weighted by Gasteiger charge is -2.26. The highest BCUT2D eigenvalue weighted by molar-refractivity contribution is 5.48. The Morgan fingerprint density at radius 1 is 0.788 bits per heavy atom. The minimum atomic E-state index is 0.178. The van der Waals surface area contributed by atoms with Crippen molar-refractivity contribution >= 4 is 5.69 Å². The molecule has 0 aliphatic carbocycles. The lowest BCUT2D eigenvalue weighted by Crippen LogP contribution is -2.23. The van der Waals surface area contributed by atoms with Crippen LogP contribution >= 0.6 is 0 Å². The van der Waals surface area contributed by atoms with Crippen LogP contribution in [0.5, 0.6) is 11.5 Å². The average molecular weight is 446 g/mol. The van der Waals surface area contributed by atoms with Crippen molar-refractivity contribution in [3.05, 3.63) is 89.5 Å². The summed E-state index contributed by atoms with van der Waals surface area (Å²) in [6.07, 6.45) is 4.19. The normalized spacial score (nSPS) is 11.3. The van der Waals surface area contributed by atoms with Crippen molar-refractivity contribution in [2.24, 2.45) is 5.41 Å². The predicted molar refractivity (Wildman–Crippen MR) is 140 cm³/mol. The molecule has 0 aliphatic rings. The summed E-state index contributed by atoms with van der Waals surface area (Å²) in [7, 11) is 0. The van der Waals surface area contributed by atoms with Crippen LogP contribution in [-0.2, 0) is 6.42 Å². The first-order valence-electron chi connectivity index (χ1n) is 12.1. The zero-order valence-electron chi connectivity index (χ0n) is 20.7. The van der Waals surface area contributed by atoms with E-state index in [9.17, 15) is 0 Å². The van der Waals surface area contributed by atoms with Crippen molar-refractivity contribution in [2.75, 3.05) is 25.1 Å². The van der Waals surface area contributed by atoms with Gasteiger partial charge in [0.2, 0.25) is 0 Å². The van der Waals surface area contributed by atoms with E-state index in [1.807, 2.05) is 6.07 Å². The number of hydrogen-bond donors (Lipinski definition) is 1. The summed E-state index contributed by atoms with van der Waals surface area (Å²) >= 11 is 0. The summed E-state index contributed by atoms with van der Waals surface area (Å²) < 4.78 is 12.0. The molecule has 1 N–H and O–H groups in total. The Morgan fingerprint density at radius 2 is 1.58 bits per heavy atom. The lowest BCUT2D eigenvalue weighted by atomic mass is 9.88. The fraction of sp³-hybridized carbons (Fsp3) is 0.400. The van der Waals surface area contributed by atoms with E-state index in [0.717, 1.165) is 62.6 Å². The molecule has 0 radical (unpaired) electrons. The standard InChI is InChI=1S/C30H39NO2/c1-24-16-17-25(2)29(21-24)33-20-10-18-30(3,4)23-31-27-14-8-15-28(22-27)32-19-9-13-26-11-6-5-7-12-26/h5-8,11-12,14-17,21-22,31H,9-10,13,18-20,23H2,1-4H3. The summed E-state index contributed by atoms with van der Waals surface area (Å²) in [5.41, 5.74) is 5.08. The van der Waals surface area contributed by atoms with E-state index in [0.29, 0.717) is 0 Å². The van der Waals surface area contributed by atoms with E-state index in [2.05, 4.69) is 99.7 Å². The molecule has 3 heteroatoms. The maximum atomic E-state index is 6.03. The molecule has 0 heterocycles. The van der Waals surface area contributed by atoms with Gasteiger partial charge in [-0.15, -0.1) is 0 Å². The van der Waals surface area contributed by atoms with Crippen molar-refractivity contribution in [3.8, 4) is 11.5 Å². The van der Waals surface area contributed by atoms with Crippen LogP contribution in [0, 0.1) is 19.3 Å². The first-order chi connectivity index (χ1) is 15.9. The zero-order chi connectivity index (χ0) is 23.5. The Hall–Kier alpha value is -2.94. The minimum Gasteiger partial charge on any atom is -0.494 e. The lowest BCUT2D eigenvalue weighted by molar-refractivity contribution is 0.263. The highest BCUT2D eigenvalue weighted by Crippen LogP contribution is 2.26. The molecular formula is C30H39NO2. The van der Waals surface area contributed by atoms with Gasteiger partial charge in [0.1, 0.15) is 11.5 Å². The van der Waals surface area contributed by atoms with E-state index >= 15 is 0 Å². The fourth-order valence-corrected chi connectivity index (χ4v) is 3.83. The summed E-state index contributed by atoms with van der Waals surface area (Å²) in [5, 5.41) is 3.60. The topological polar surface area (TPSA) is 30.5 Å².